The average Bonchev–Trinajstić information content (AvgIpc) is 3.19. The fourth-order valence-electron chi connectivity index (χ4n) is 4.91. The van der Waals surface area contributed by atoms with Gasteiger partial charge in [0.2, 0.25) is 0 Å². The Balaban J connectivity index is 1.40. The van der Waals surface area contributed by atoms with Crippen molar-refractivity contribution in [2.45, 2.75) is 45.3 Å². The Labute approximate surface area is 246 Å². The zero-order valence-electron chi connectivity index (χ0n) is 23.4. The Bertz CT molecular complexity index is 1460. The van der Waals surface area contributed by atoms with Crippen LogP contribution < -0.4 is 19.9 Å². The molecular weight excluding hydrogens is 575 g/mol. The number of nitrogens with zero attached hydrogens (tertiary/aromatic N) is 4. The summed E-state index contributed by atoms with van der Waals surface area (Å²) in [6.07, 6.45) is -1.11. The van der Waals surface area contributed by atoms with Crippen molar-refractivity contribution in [3.63, 3.8) is 0 Å². The third-order valence-electron chi connectivity index (χ3n) is 6.90. The molecule has 0 saturated carbocycles. The molecule has 1 saturated heterocycles. The summed E-state index contributed by atoms with van der Waals surface area (Å²) in [4.78, 5) is 26.0. The topological polar surface area (TPSA) is 89.1 Å². The summed E-state index contributed by atoms with van der Waals surface area (Å²) in [6, 6.07) is 7.62. The highest BCUT2D eigenvalue weighted by Crippen LogP contribution is 2.40. The molecule has 224 valence electrons. The molecule has 1 atom stereocenters. The standard InChI is InChI=1S/C29H31ClF3N5O4/c1-4-37-9-6-10-38(26-24(37)13-23(30)25(36-26)18-7-5-8-19(11-18)29(31,32)33)27(39)35-20-12-21(15-34-14-20)40-16-22-17-41-28(2,3)42-22/h5,7-8,11-15,22H,4,6,9-10,16-17H2,1-3H3,(H,35,39)/t22-/m0/s1. The Morgan fingerprint density at radius 2 is 2.02 bits per heavy atom. The molecule has 1 N–H and O–H groups in total. The number of amides is 2. The molecule has 2 aliphatic rings. The van der Waals surface area contributed by atoms with Gasteiger partial charge in [-0.1, -0.05) is 23.7 Å². The number of alkyl halides is 3. The van der Waals surface area contributed by atoms with E-state index < -0.39 is 23.6 Å². The van der Waals surface area contributed by atoms with Crippen molar-refractivity contribution >= 4 is 34.8 Å². The van der Waals surface area contributed by atoms with Crippen LogP contribution in [-0.4, -0.2) is 60.7 Å². The van der Waals surface area contributed by atoms with Gasteiger partial charge in [0.05, 0.1) is 46.7 Å². The molecule has 4 heterocycles. The SMILES string of the molecule is CCN1CCCN(C(=O)Nc2cncc(OC[C@H]3COC(C)(C)O3)c2)c2nc(-c3cccc(C(F)(F)F)c3)c(Cl)cc21. The number of fused-ring (bicyclic) bond motifs is 1. The van der Waals surface area contributed by atoms with Crippen molar-refractivity contribution in [3.8, 4) is 17.0 Å². The molecule has 1 aromatic carbocycles. The maximum absolute atomic E-state index is 13.6. The first-order chi connectivity index (χ1) is 19.9. The van der Waals surface area contributed by atoms with Gasteiger partial charge in [-0.3, -0.25) is 9.88 Å². The second-order valence-corrected chi connectivity index (χ2v) is 10.8. The van der Waals surface area contributed by atoms with E-state index in [0.717, 1.165) is 12.1 Å². The molecule has 1 fully saturated rings. The zero-order chi connectivity index (χ0) is 30.1. The molecular formula is C29H31ClF3N5O4. The molecule has 0 radical (unpaired) electrons. The van der Waals surface area contributed by atoms with Gasteiger partial charge in [0.1, 0.15) is 18.5 Å². The largest absolute Gasteiger partial charge is 0.489 e. The summed E-state index contributed by atoms with van der Waals surface area (Å²) >= 11 is 6.58. The number of carbonyl (C=O) groups excluding carboxylic acids is 1. The summed E-state index contributed by atoms with van der Waals surface area (Å²) < 4.78 is 57.4. The number of anilines is 3. The molecule has 13 heteroatoms. The maximum atomic E-state index is 13.6. The second kappa shape index (κ2) is 11.9. The predicted molar refractivity (Wildman–Crippen MR) is 153 cm³/mol. The van der Waals surface area contributed by atoms with Gasteiger partial charge in [-0.05, 0) is 45.4 Å². The van der Waals surface area contributed by atoms with Crippen molar-refractivity contribution in [3.05, 3.63) is 59.4 Å². The highest BCUT2D eigenvalue weighted by Gasteiger charge is 2.34. The third-order valence-corrected chi connectivity index (χ3v) is 7.19. The van der Waals surface area contributed by atoms with Gasteiger partial charge in [-0.15, -0.1) is 0 Å². The molecule has 0 spiro atoms. The normalized spacial score (nSPS) is 18.4. The predicted octanol–water partition coefficient (Wildman–Crippen LogP) is 6.61. The number of benzene rings is 1. The lowest BCUT2D eigenvalue weighted by Crippen LogP contribution is -2.36. The van der Waals surface area contributed by atoms with E-state index in [9.17, 15) is 18.0 Å². The molecule has 5 rings (SSSR count). The molecule has 2 amide bonds. The van der Waals surface area contributed by atoms with Crippen molar-refractivity contribution < 1.29 is 32.2 Å². The Morgan fingerprint density at radius 3 is 2.74 bits per heavy atom. The Hall–Kier alpha value is -3.61. The molecule has 0 bridgehead atoms. The maximum Gasteiger partial charge on any atom is 0.416 e. The minimum Gasteiger partial charge on any atom is -0.489 e. The molecule has 2 aliphatic heterocycles. The molecule has 3 aromatic rings. The number of urea groups is 1. The summed E-state index contributed by atoms with van der Waals surface area (Å²) in [7, 11) is 0. The number of halogens is 4. The zero-order valence-corrected chi connectivity index (χ0v) is 24.1. The van der Waals surface area contributed by atoms with E-state index in [4.69, 9.17) is 25.8 Å². The fourth-order valence-corrected chi connectivity index (χ4v) is 5.16. The number of aromatic nitrogens is 2. The van der Waals surface area contributed by atoms with Crippen LogP contribution in [0.4, 0.5) is 35.2 Å². The van der Waals surface area contributed by atoms with Gasteiger partial charge < -0.3 is 24.4 Å². The van der Waals surface area contributed by atoms with Gasteiger partial charge >= 0.3 is 12.2 Å². The lowest BCUT2D eigenvalue weighted by molar-refractivity contribution is -0.141. The number of carbonyl (C=O) groups is 1. The first kappa shape index (κ1) is 29.9. The highest BCUT2D eigenvalue weighted by molar-refractivity contribution is 6.33. The fraction of sp³-hybridized carbons (Fsp3) is 0.414. The third kappa shape index (κ3) is 6.71. The van der Waals surface area contributed by atoms with E-state index in [1.54, 1.807) is 12.1 Å². The molecule has 2 aromatic heterocycles. The molecule has 9 nitrogen and oxygen atoms in total. The van der Waals surface area contributed by atoms with Crippen LogP contribution in [0.3, 0.4) is 0 Å². The van der Waals surface area contributed by atoms with Crippen molar-refractivity contribution in [2.75, 3.05) is 48.0 Å². The van der Waals surface area contributed by atoms with E-state index >= 15 is 0 Å². The van der Waals surface area contributed by atoms with Gasteiger partial charge in [-0.25, -0.2) is 9.78 Å². The quantitative estimate of drug-likeness (QED) is 0.338. The molecule has 42 heavy (non-hydrogen) atoms. The van der Waals surface area contributed by atoms with Crippen LogP contribution in [0.25, 0.3) is 11.3 Å². The van der Waals surface area contributed by atoms with Crippen LogP contribution in [0.2, 0.25) is 5.02 Å². The van der Waals surface area contributed by atoms with Crippen molar-refractivity contribution in [1.29, 1.82) is 0 Å². The molecule has 0 unspecified atom stereocenters. The lowest BCUT2D eigenvalue weighted by Gasteiger charge is -2.26. The average molecular weight is 606 g/mol. The van der Waals surface area contributed by atoms with E-state index in [1.807, 2.05) is 25.7 Å². The van der Waals surface area contributed by atoms with Crippen molar-refractivity contribution in [1.82, 2.24) is 9.97 Å². The van der Waals surface area contributed by atoms with Gasteiger partial charge in [0.25, 0.3) is 0 Å². The van der Waals surface area contributed by atoms with Crippen molar-refractivity contribution in [2.24, 2.45) is 0 Å². The van der Waals surface area contributed by atoms with Crippen LogP contribution in [0, 0.1) is 0 Å². The summed E-state index contributed by atoms with van der Waals surface area (Å²) in [5.41, 5.74) is 0.535. The number of rotatable bonds is 6. The van der Waals surface area contributed by atoms with E-state index in [2.05, 4.69) is 15.3 Å². The summed E-state index contributed by atoms with van der Waals surface area (Å²) in [5.74, 6) is 0.0642. The van der Waals surface area contributed by atoms with Crippen LogP contribution in [0.5, 0.6) is 5.75 Å². The minimum absolute atomic E-state index is 0.149. The number of ether oxygens (including phenoxy) is 3. The summed E-state index contributed by atoms with van der Waals surface area (Å²) in [5, 5.41) is 3.03. The van der Waals surface area contributed by atoms with E-state index in [1.165, 1.54) is 29.4 Å². The Morgan fingerprint density at radius 1 is 1.21 bits per heavy atom. The Kier molecular flexibility index (Phi) is 8.49. The smallest absolute Gasteiger partial charge is 0.416 e. The van der Waals surface area contributed by atoms with Gasteiger partial charge in [0, 0.05) is 31.3 Å². The van der Waals surface area contributed by atoms with E-state index in [0.29, 0.717) is 55.6 Å². The first-order valence-electron chi connectivity index (χ1n) is 13.5. The summed E-state index contributed by atoms with van der Waals surface area (Å²) in [6.45, 7) is 7.87. The molecule has 0 aliphatic carbocycles. The number of hydrogen-bond donors (Lipinski definition) is 1. The van der Waals surface area contributed by atoms with Crippen LogP contribution in [0.15, 0.2) is 48.8 Å². The van der Waals surface area contributed by atoms with E-state index in [-0.39, 0.29) is 29.0 Å². The monoisotopic (exact) mass is 605 g/mol. The minimum atomic E-state index is -4.53. The number of hydrogen-bond acceptors (Lipinski definition) is 7. The van der Waals surface area contributed by atoms with Crippen LogP contribution >= 0.6 is 11.6 Å². The number of nitrogens with one attached hydrogen (secondary N) is 1. The van der Waals surface area contributed by atoms with Crippen LogP contribution in [0.1, 0.15) is 32.8 Å². The van der Waals surface area contributed by atoms with Gasteiger partial charge in [-0.2, -0.15) is 13.2 Å². The van der Waals surface area contributed by atoms with Crippen LogP contribution in [-0.2, 0) is 15.7 Å². The first-order valence-corrected chi connectivity index (χ1v) is 13.9. The van der Waals surface area contributed by atoms with Gasteiger partial charge in [0.15, 0.2) is 11.6 Å². The lowest BCUT2D eigenvalue weighted by atomic mass is 10.1. The number of pyridine rings is 2. The second-order valence-electron chi connectivity index (χ2n) is 10.4. The highest BCUT2D eigenvalue weighted by atomic mass is 35.5.